The molecule has 1 heterocycles. The lowest BCUT2D eigenvalue weighted by atomic mass is 10.1. The summed E-state index contributed by atoms with van der Waals surface area (Å²) >= 11 is 0. The Bertz CT molecular complexity index is 826. The standard InChI is InChI=1S/C17H14FN3O/c1-12-4-2-6-14(8-12)17-16(11-22)19-20-21(17)10-13-5-3-7-15(18)9-13/h2-9,11H,10H2,1H3. The van der Waals surface area contributed by atoms with Crippen LogP contribution >= 0.6 is 0 Å². The Kier molecular flexibility index (Phi) is 3.78. The highest BCUT2D eigenvalue weighted by atomic mass is 19.1. The third-order valence-corrected chi connectivity index (χ3v) is 3.39. The van der Waals surface area contributed by atoms with Gasteiger partial charge in [-0.1, -0.05) is 41.1 Å². The van der Waals surface area contributed by atoms with Gasteiger partial charge in [0.15, 0.2) is 12.0 Å². The van der Waals surface area contributed by atoms with Crippen molar-refractivity contribution >= 4 is 6.29 Å². The molecule has 3 rings (SSSR count). The first kappa shape index (κ1) is 14.1. The molecule has 0 aliphatic rings. The third-order valence-electron chi connectivity index (χ3n) is 3.39. The van der Waals surface area contributed by atoms with Gasteiger partial charge in [0.1, 0.15) is 5.82 Å². The first-order chi connectivity index (χ1) is 10.7. The van der Waals surface area contributed by atoms with Crippen LogP contribution in [0.1, 0.15) is 21.6 Å². The number of aromatic nitrogens is 3. The van der Waals surface area contributed by atoms with E-state index in [0.717, 1.165) is 16.7 Å². The van der Waals surface area contributed by atoms with Crippen molar-refractivity contribution in [2.75, 3.05) is 0 Å². The van der Waals surface area contributed by atoms with Gasteiger partial charge in [-0.3, -0.25) is 4.79 Å². The maximum absolute atomic E-state index is 13.3. The van der Waals surface area contributed by atoms with Gasteiger partial charge >= 0.3 is 0 Å². The van der Waals surface area contributed by atoms with Gasteiger partial charge in [-0.25, -0.2) is 9.07 Å². The van der Waals surface area contributed by atoms with Crippen LogP contribution in [0.3, 0.4) is 0 Å². The first-order valence-electron chi connectivity index (χ1n) is 6.87. The van der Waals surface area contributed by atoms with Crippen molar-refractivity contribution in [3.8, 4) is 11.3 Å². The summed E-state index contributed by atoms with van der Waals surface area (Å²) in [5.74, 6) is -0.301. The number of aryl methyl sites for hydroxylation is 1. The van der Waals surface area contributed by atoms with E-state index in [0.29, 0.717) is 18.5 Å². The number of halogens is 1. The lowest BCUT2D eigenvalue weighted by Gasteiger charge is -2.08. The summed E-state index contributed by atoms with van der Waals surface area (Å²) in [5, 5.41) is 7.94. The van der Waals surface area contributed by atoms with Gasteiger partial charge in [0.25, 0.3) is 0 Å². The van der Waals surface area contributed by atoms with Crippen LogP contribution in [-0.4, -0.2) is 21.3 Å². The third kappa shape index (κ3) is 2.79. The number of benzene rings is 2. The maximum Gasteiger partial charge on any atom is 0.172 e. The van der Waals surface area contributed by atoms with Crippen LogP contribution in [0.2, 0.25) is 0 Å². The summed E-state index contributed by atoms with van der Waals surface area (Å²) < 4.78 is 14.9. The highest BCUT2D eigenvalue weighted by Gasteiger charge is 2.15. The van der Waals surface area contributed by atoms with E-state index in [9.17, 15) is 9.18 Å². The molecular weight excluding hydrogens is 281 g/mol. The van der Waals surface area contributed by atoms with Gasteiger partial charge in [-0.2, -0.15) is 0 Å². The predicted molar refractivity (Wildman–Crippen MR) is 81.1 cm³/mol. The molecule has 0 radical (unpaired) electrons. The fraction of sp³-hybridized carbons (Fsp3) is 0.118. The molecule has 0 saturated carbocycles. The van der Waals surface area contributed by atoms with Crippen molar-refractivity contribution in [2.45, 2.75) is 13.5 Å². The first-order valence-corrected chi connectivity index (χ1v) is 6.87. The van der Waals surface area contributed by atoms with Crippen LogP contribution in [0, 0.1) is 12.7 Å². The summed E-state index contributed by atoms with van der Waals surface area (Å²) in [7, 11) is 0. The van der Waals surface area contributed by atoms with E-state index in [4.69, 9.17) is 0 Å². The molecule has 0 N–H and O–H groups in total. The molecule has 0 saturated heterocycles. The molecule has 0 spiro atoms. The van der Waals surface area contributed by atoms with E-state index < -0.39 is 0 Å². The minimum Gasteiger partial charge on any atom is -0.296 e. The lowest BCUT2D eigenvalue weighted by Crippen LogP contribution is -2.05. The number of carbonyl (C=O) groups is 1. The fourth-order valence-corrected chi connectivity index (χ4v) is 2.41. The zero-order chi connectivity index (χ0) is 15.5. The van der Waals surface area contributed by atoms with Gasteiger partial charge in [0.2, 0.25) is 0 Å². The van der Waals surface area contributed by atoms with Crippen molar-refractivity contribution in [3.05, 3.63) is 71.2 Å². The van der Waals surface area contributed by atoms with E-state index >= 15 is 0 Å². The van der Waals surface area contributed by atoms with Crippen LogP contribution in [0.25, 0.3) is 11.3 Å². The van der Waals surface area contributed by atoms with Gasteiger partial charge in [-0.15, -0.1) is 5.10 Å². The van der Waals surface area contributed by atoms with Crippen molar-refractivity contribution < 1.29 is 9.18 Å². The molecule has 22 heavy (non-hydrogen) atoms. The van der Waals surface area contributed by atoms with Gasteiger partial charge in [0, 0.05) is 5.56 Å². The maximum atomic E-state index is 13.3. The number of hydrogen-bond acceptors (Lipinski definition) is 3. The highest BCUT2D eigenvalue weighted by molar-refractivity contribution is 5.83. The van der Waals surface area contributed by atoms with Crippen LogP contribution in [0.4, 0.5) is 4.39 Å². The molecule has 5 heteroatoms. The smallest absolute Gasteiger partial charge is 0.172 e. The monoisotopic (exact) mass is 295 g/mol. The quantitative estimate of drug-likeness (QED) is 0.694. The predicted octanol–water partition coefficient (Wildman–Crippen LogP) is 3.25. The second-order valence-corrected chi connectivity index (χ2v) is 5.10. The molecule has 0 atom stereocenters. The Balaban J connectivity index is 2.06. The Morgan fingerprint density at radius 3 is 2.73 bits per heavy atom. The summed E-state index contributed by atoms with van der Waals surface area (Å²) in [4.78, 5) is 11.2. The Morgan fingerprint density at radius 2 is 2.00 bits per heavy atom. The summed E-state index contributed by atoms with van der Waals surface area (Å²) in [5.41, 5.74) is 3.62. The molecule has 4 nitrogen and oxygen atoms in total. The van der Waals surface area contributed by atoms with Crippen molar-refractivity contribution in [1.82, 2.24) is 15.0 Å². The molecule has 0 aliphatic heterocycles. The van der Waals surface area contributed by atoms with Gasteiger partial charge in [-0.05, 0) is 30.7 Å². The molecule has 0 unspecified atom stereocenters. The van der Waals surface area contributed by atoms with Gasteiger partial charge < -0.3 is 0 Å². The number of rotatable bonds is 4. The summed E-state index contributed by atoms with van der Waals surface area (Å²) in [6.07, 6.45) is 0.687. The van der Waals surface area contributed by atoms with E-state index in [1.165, 1.54) is 12.1 Å². The Morgan fingerprint density at radius 1 is 1.18 bits per heavy atom. The Hall–Kier alpha value is -2.82. The van der Waals surface area contributed by atoms with E-state index in [1.807, 2.05) is 37.3 Å². The molecule has 0 bridgehead atoms. The molecular formula is C17H14FN3O. The highest BCUT2D eigenvalue weighted by Crippen LogP contribution is 2.23. The molecule has 1 aromatic heterocycles. The van der Waals surface area contributed by atoms with Crippen LogP contribution in [0.5, 0.6) is 0 Å². The van der Waals surface area contributed by atoms with Gasteiger partial charge in [0.05, 0.1) is 12.2 Å². The van der Waals surface area contributed by atoms with Crippen molar-refractivity contribution in [3.63, 3.8) is 0 Å². The van der Waals surface area contributed by atoms with E-state index in [-0.39, 0.29) is 11.5 Å². The molecule has 0 aliphatic carbocycles. The van der Waals surface area contributed by atoms with Crippen LogP contribution < -0.4 is 0 Å². The SMILES string of the molecule is Cc1cccc(-c2c(C=O)nnn2Cc2cccc(F)c2)c1. The second-order valence-electron chi connectivity index (χ2n) is 5.10. The van der Waals surface area contributed by atoms with Crippen molar-refractivity contribution in [2.24, 2.45) is 0 Å². The number of carbonyl (C=O) groups excluding carboxylic acids is 1. The number of aldehydes is 1. The molecule has 2 aromatic carbocycles. The minimum atomic E-state index is -0.301. The molecule has 3 aromatic rings. The molecule has 0 fully saturated rings. The average molecular weight is 295 g/mol. The average Bonchev–Trinajstić information content (AvgIpc) is 2.90. The van der Waals surface area contributed by atoms with E-state index in [1.54, 1.807) is 10.7 Å². The Labute approximate surface area is 127 Å². The number of hydrogen-bond donors (Lipinski definition) is 0. The van der Waals surface area contributed by atoms with Crippen LogP contribution in [0.15, 0.2) is 48.5 Å². The second kappa shape index (κ2) is 5.89. The van der Waals surface area contributed by atoms with Crippen LogP contribution in [-0.2, 0) is 6.54 Å². The van der Waals surface area contributed by atoms with E-state index in [2.05, 4.69) is 10.3 Å². The largest absolute Gasteiger partial charge is 0.296 e. The normalized spacial score (nSPS) is 10.6. The minimum absolute atomic E-state index is 0.280. The fourth-order valence-electron chi connectivity index (χ4n) is 2.41. The summed E-state index contributed by atoms with van der Waals surface area (Å²) in [6, 6.07) is 14.1. The number of nitrogens with zero attached hydrogens (tertiary/aromatic N) is 3. The lowest BCUT2D eigenvalue weighted by molar-refractivity contribution is 0.111. The topological polar surface area (TPSA) is 47.8 Å². The zero-order valence-electron chi connectivity index (χ0n) is 12.0. The van der Waals surface area contributed by atoms with Crippen molar-refractivity contribution in [1.29, 1.82) is 0 Å². The zero-order valence-corrected chi connectivity index (χ0v) is 12.0. The molecule has 110 valence electrons. The summed E-state index contributed by atoms with van der Waals surface area (Å²) in [6.45, 7) is 2.33. The molecule has 0 amide bonds.